The molecular weight excluding hydrogens is 1230 g/mol. The van der Waals surface area contributed by atoms with E-state index in [4.69, 9.17) is 9.57 Å². The molecule has 0 atom stereocenters. The molecule has 8 rings (SSSR count). The fourth-order valence-corrected chi connectivity index (χ4v) is 12.9. The van der Waals surface area contributed by atoms with E-state index in [0.29, 0.717) is 91.1 Å². The number of imide groups is 1. The molecule has 1 saturated heterocycles. The van der Waals surface area contributed by atoms with E-state index in [9.17, 15) is 43.1 Å². The Balaban J connectivity index is 0.00000460. The molecule has 28 heteroatoms. The van der Waals surface area contributed by atoms with E-state index in [1.165, 1.54) is 5.56 Å². The first-order chi connectivity index (χ1) is 40.4. The Hall–Kier alpha value is -2.62. The van der Waals surface area contributed by atoms with Crippen molar-refractivity contribution in [3.8, 4) is 5.75 Å². The van der Waals surface area contributed by atoms with Gasteiger partial charge in [0.25, 0.3) is 11.8 Å². The molecule has 1 fully saturated rings. The molecule has 3 heterocycles. The third-order valence-electron chi connectivity index (χ3n) is 15.3. The van der Waals surface area contributed by atoms with Gasteiger partial charge in [-0.15, -0.1) is 5.06 Å². The van der Waals surface area contributed by atoms with Gasteiger partial charge in [0.2, 0.25) is 5.69 Å². The zero-order chi connectivity index (χ0) is 59.9. The maximum atomic E-state index is 12.7. The second-order valence-electron chi connectivity index (χ2n) is 21.5. The van der Waals surface area contributed by atoms with Gasteiger partial charge in [-0.05, 0) is 141 Å². The summed E-state index contributed by atoms with van der Waals surface area (Å²) in [5.41, 5.74) is 7.69. The zero-order valence-electron chi connectivity index (χ0n) is 50.1. The van der Waals surface area contributed by atoms with Crippen molar-refractivity contribution in [2.75, 3.05) is 53.2 Å². The summed E-state index contributed by atoms with van der Waals surface area (Å²) in [7, 11) is -4.51. The fraction of sp³-hybridized carbons (Fsp3) is 0.424. The van der Waals surface area contributed by atoms with Crippen molar-refractivity contribution < 1.29 is 174 Å². The minimum Gasteiger partial charge on any atom is -0.748 e. The maximum absolute atomic E-state index is 12.7. The third-order valence-corrected chi connectivity index (χ3v) is 17.8. The van der Waals surface area contributed by atoms with Crippen molar-refractivity contribution in [2.45, 2.75) is 120 Å². The standard InChI is InChI=1S/C59H70N4O17S4.3Na/c1-58(2)48-40-44(60(33-11-37-81-78-75-67)34-12-38-82-79-76-68)22-28-49(48)61(36-13-39-84(70,71)72)51(58)29-20-42-15-10-16-43(57(42)73-45-23-25-46(26-24-45)83-80-77-69)21-30-52-59(3,4)56-47-17-8-7-14-41(47)19-27-50(56)62(52)35-9-5-6-18-55(66)74-63-53(64)31-32-54(63)65;;;/h7-8,14,17,19-30,40H,5-6,9-13,15-16,18,31-39H2,1-4H3,(H3-,67,68,69,70,71,72);;;/q;3*+1/p-3. The minimum atomic E-state index is -4.51. The molecule has 0 unspecified atom stereocenters. The molecule has 3 aliphatic heterocycles. The van der Waals surface area contributed by atoms with Crippen molar-refractivity contribution in [1.29, 1.82) is 0 Å². The Morgan fingerprint density at radius 3 is 2.09 bits per heavy atom. The Bertz CT molecular complexity index is 3260. The first-order valence-electron chi connectivity index (χ1n) is 27.7. The second-order valence-corrected chi connectivity index (χ2v) is 25.3. The van der Waals surface area contributed by atoms with Crippen LogP contribution < -0.4 is 119 Å². The molecule has 4 aromatic rings. The number of benzene rings is 4. The normalized spacial score (nSPS) is 17.1. The van der Waals surface area contributed by atoms with Crippen molar-refractivity contribution >= 4 is 97.6 Å². The average Bonchev–Trinajstić information content (AvgIpc) is 1.65. The number of amides is 2. The van der Waals surface area contributed by atoms with E-state index in [-0.39, 0.29) is 121 Å². The molecule has 4 aromatic carbocycles. The van der Waals surface area contributed by atoms with Gasteiger partial charge in [-0.1, -0.05) is 56.7 Å². The van der Waals surface area contributed by atoms with Gasteiger partial charge in [-0.3, -0.25) is 24.7 Å². The molecular formula is C59H67N4Na3O17S4. The zero-order valence-corrected chi connectivity index (χ0v) is 59.4. The monoisotopic (exact) mass is 1300 g/mol. The van der Waals surface area contributed by atoms with Gasteiger partial charge in [0.15, 0.2) is 5.71 Å². The van der Waals surface area contributed by atoms with Gasteiger partial charge >= 0.3 is 94.6 Å². The molecule has 21 nitrogen and oxygen atoms in total. The summed E-state index contributed by atoms with van der Waals surface area (Å²) < 4.78 is 58.5. The van der Waals surface area contributed by atoms with Gasteiger partial charge in [0.1, 0.15) is 18.1 Å². The summed E-state index contributed by atoms with van der Waals surface area (Å²) in [6.07, 6.45) is 13.9. The molecule has 0 bridgehead atoms. The van der Waals surface area contributed by atoms with Crippen LogP contribution >= 0.6 is 36.1 Å². The molecule has 0 aromatic heterocycles. The summed E-state index contributed by atoms with van der Waals surface area (Å²) in [5.74, 6) is -0.0588. The van der Waals surface area contributed by atoms with E-state index < -0.39 is 44.5 Å². The summed E-state index contributed by atoms with van der Waals surface area (Å²) in [5, 5.41) is 45.0. The predicted molar refractivity (Wildman–Crippen MR) is 310 cm³/mol. The van der Waals surface area contributed by atoms with Crippen LogP contribution in [0.3, 0.4) is 0 Å². The largest absolute Gasteiger partial charge is 1.00 e. The topological polar surface area (TPSA) is 264 Å². The van der Waals surface area contributed by atoms with Crippen LogP contribution in [0.15, 0.2) is 131 Å². The van der Waals surface area contributed by atoms with Crippen molar-refractivity contribution in [1.82, 2.24) is 5.06 Å². The molecule has 452 valence electrons. The first-order valence-corrected chi connectivity index (χ1v) is 31.8. The fourth-order valence-electron chi connectivity index (χ4n) is 11.3. The summed E-state index contributed by atoms with van der Waals surface area (Å²) in [6, 6.07) is 25.8. The minimum absolute atomic E-state index is 0. The summed E-state index contributed by atoms with van der Waals surface area (Å²) in [6.45, 7) is 10.7. The molecule has 4 aliphatic rings. The number of rotatable bonds is 32. The van der Waals surface area contributed by atoms with E-state index >= 15 is 0 Å². The van der Waals surface area contributed by atoms with Crippen LogP contribution in [0.4, 0.5) is 17.1 Å². The number of carbonyl (C=O) groups is 3. The average molecular weight is 1300 g/mol. The van der Waals surface area contributed by atoms with Gasteiger partial charge < -0.3 is 39.7 Å². The maximum Gasteiger partial charge on any atom is 1.00 e. The van der Waals surface area contributed by atoms with Gasteiger partial charge in [0, 0.05) is 132 Å². The van der Waals surface area contributed by atoms with Crippen LogP contribution in [0, 0.1) is 0 Å². The number of carbonyl (C=O) groups excluding carboxylic acids is 3. The van der Waals surface area contributed by atoms with Crippen LogP contribution in [-0.4, -0.2) is 89.5 Å². The van der Waals surface area contributed by atoms with E-state index in [0.717, 1.165) is 105 Å². The number of hydrogen-bond donors (Lipinski definition) is 0. The van der Waals surface area contributed by atoms with Crippen molar-refractivity contribution in [3.05, 3.63) is 137 Å². The number of fused-ring (bicyclic) bond motifs is 4. The van der Waals surface area contributed by atoms with Crippen LogP contribution in [-0.2, 0) is 68.3 Å². The predicted octanol–water partition coefficient (Wildman–Crippen LogP) is -0.427. The Morgan fingerprint density at radius 1 is 0.747 bits per heavy atom. The second kappa shape index (κ2) is 36.0. The summed E-state index contributed by atoms with van der Waals surface area (Å²) in [4.78, 5) is 47.1. The number of hydroxylamine groups is 2. The number of nitrogens with zero attached hydrogens (tertiary/aromatic N) is 4. The molecule has 0 spiro atoms. The summed E-state index contributed by atoms with van der Waals surface area (Å²) >= 11 is 2.58. The third kappa shape index (κ3) is 19.9. The number of ether oxygens (including phenoxy) is 1. The van der Waals surface area contributed by atoms with E-state index in [1.54, 1.807) is 24.3 Å². The molecule has 0 radical (unpaired) electrons. The number of hydrogen-bond acceptors (Lipinski definition) is 22. The van der Waals surface area contributed by atoms with Crippen LogP contribution in [0.5, 0.6) is 5.75 Å². The molecule has 0 N–H and O–H groups in total. The SMILES string of the molecule is CC1(C)C(/C=C/C2=C(Oc3ccc(SOO[O-])cc3)C(=C/C=C3/N(CCCCCC(=O)ON4C(=O)CCC4=O)c4ccc5ccccc5c4C3(C)C)/CCC2)=[N+](CCCS(=O)(=O)[O-])c2ccc(N(CCCSOO[O-])CCCSOO[O-])cc21.[Na+].[Na+].[Na+]. The van der Waals surface area contributed by atoms with Crippen LogP contribution in [0.25, 0.3) is 10.8 Å². The number of anilines is 2. The van der Waals surface area contributed by atoms with Gasteiger partial charge in [0.05, 0.1) is 27.6 Å². The van der Waals surface area contributed by atoms with Crippen LogP contribution in [0.2, 0.25) is 0 Å². The Labute approximate surface area is 587 Å². The van der Waals surface area contributed by atoms with E-state index in [2.05, 4.69) is 125 Å². The van der Waals surface area contributed by atoms with Crippen molar-refractivity contribution in [2.24, 2.45) is 0 Å². The number of allylic oxidation sites excluding steroid dienone is 7. The van der Waals surface area contributed by atoms with Gasteiger partial charge in [-0.2, -0.15) is 17.6 Å². The van der Waals surface area contributed by atoms with Gasteiger partial charge in [-0.25, -0.2) is 13.2 Å². The van der Waals surface area contributed by atoms with Crippen molar-refractivity contribution in [3.63, 3.8) is 0 Å². The quantitative estimate of drug-likeness (QED) is 0.00878. The number of unbranched alkanes of at least 4 members (excludes halogenated alkanes) is 2. The first kappa shape index (κ1) is 75.1. The smallest absolute Gasteiger partial charge is 0.748 e. The molecule has 2 amide bonds. The molecule has 0 saturated carbocycles. The Kier molecular flexibility index (Phi) is 31.1. The van der Waals surface area contributed by atoms with E-state index in [1.807, 2.05) is 24.3 Å². The Morgan fingerprint density at radius 2 is 1.43 bits per heavy atom. The molecule has 1 aliphatic carbocycles. The van der Waals surface area contributed by atoms with Crippen LogP contribution in [0.1, 0.15) is 116 Å². The molecule has 87 heavy (non-hydrogen) atoms.